The van der Waals surface area contributed by atoms with Gasteiger partial charge in [0.05, 0.1) is 4.90 Å². The second-order valence-corrected chi connectivity index (χ2v) is 9.54. The number of nitrogens with one attached hydrogen (secondary N) is 1. The minimum atomic E-state index is -3.57. The van der Waals surface area contributed by atoms with Crippen LogP contribution in [0.1, 0.15) is 19.8 Å². The van der Waals surface area contributed by atoms with Crippen LogP contribution in [-0.4, -0.2) is 61.7 Å². The Labute approximate surface area is 161 Å². The summed E-state index contributed by atoms with van der Waals surface area (Å²) in [6, 6.07) is 5.92. The van der Waals surface area contributed by atoms with E-state index in [-0.39, 0.29) is 35.7 Å². The van der Waals surface area contributed by atoms with Crippen molar-refractivity contribution in [2.45, 2.75) is 30.7 Å². The maximum Gasteiger partial charge on any atom is 0.244 e. The molecule has 3 rings (SSSR count). The van der Waals surface area contributed by atoms with Gasteiger partial charge in [0.25, 0.3) is 0 Å². The van der Waals surface area contributed by atoms with Gasteiger partial charge < -0.3 is 10.2 Å². The molecule has 1 aliphatic carbocycles. The maximum absolute atomic E-state index is 12.7. The van der Waals surface area contributed by atoms with Gasteiger partial charge in [0.15, 0.2) is 0 Å². The molecule has 1 aromatic rings. The Bertz CT molecular complexity index is 785. The Hall–Kier alpha value is -1.45. The number of carbonyl (C=O) groups is 2. The number of carbonyl (C=O) groups excluding carboxylic acids is 2. The summed E-state index contributed by atoms with van der Waals surface area (Å²) in [4.78, 5) is 26.1. The predicted octanol–water partition coefficient (Wildman–Crippen LogP) is 1.20. The monoisotopic (exact) mass is 443 g/mol. The second-order valence-electron chi connectivity index (χ2n) is 6.69. The van der Waals surface area contributed by atoms with Gasteiger partial charge in [0.1, 0.15) is 6.04 Å². The highest BCUT2D eigenvalue weighted by atomic mass is 79.9. The highest BCUT2D eigenvalue weighted by molar-refractivity contribution is 9.10. The maximum atomic E-state index is 12.7. The van der Waals surface area contributed by atoms with E-state index in [2.05, 4.69) is 21.2 Å². The van der Waals surface area contributed by atoms with Crippen LogP contribution in [0.3, 0.4) is 0 Å². The van der Waals surface area contributed by atoms with Crippen molar-refractivity contribution in [2.24, 2.45) is 5.92 Å². The number of rotatable bonds is 5. The van der Waals surface area contributed by atoms with Gasteiger partial charge in [-0.05, 0) is 44.0 Å². The van der Waals surface area contributed by atoms with Crippen LogP contribution >= 0.6 is 15.9 Å². The van der Waals surface area contributed by atoms with Gasteiger partial charge >= 0.3 is 0 Å². The van der Waals surface area contributed by atoms with Crippen molar-refractivity contribution in [2.75, 3.05) is 26.2 Å². The summed E-state index contributed by atoms with van der Waals surface area (Å²) in [5.74, 6) is -0.180. The molecular formula is C17H22BrN3O4S. The molecule has 1 N–H and O–H groups in total. The topological polar surface area (TPSA) is 86.8 Å². The Balaban J connectivity index is 1.57. The first-order chi connectivity index (χ1) is 12.3. The van der Waals surface area contributed by atoms with Crippen molar-refractivity contribution >= 4 is 37.8 Å². The number of sulfonamides is 1. The van der Waals surface area contributed by atoms with Crippen molar-refractivity contribution in [3.8, 4) is 0 Å². The van der Waals surface area contributed by atoms with Crippen molar-refractivity contribution in [1.82, 2.24) is 14.5 Å². The predicted molar refractivity (Wildman–Crippen MR) is 99.8 cm³/mol. The number of hydrogen-bond acceptors (Lipinski definition) is 4. The first-order valence-corrected chi connectivity index (χ1v) is 10.9. The van der Waals surface area contributed by atoms with Crippen LogP contribution in [0.4, 0.5) is 0 Å². The molecule has 1 heterocycles. The van der Waals surface area contributed by atoms with Crippen molar-refractivity contribution in [1.29, 1.82) is 0 Å². The van der Waals surface area contributed by atoms with E-state index in [1.165, 1.54) is 4.31 Å². The molecule has 0 aromatic heterocycles. The molecule has 0 radical (unpaired) electrons. The van der Waals surface area contributed by atoms with E-state index in [1.807, 2.05) is 0 Å². The molecule has 0 spiro atoms. The van der Waals surface area contributed by atoms with Crippen LogP contribution < -0.4 is 5.32 Å². The number of benzene rings is 1. The lowest BCUT2D eigenvalue weighted by Gasteiger charge is -2.35. The van der Waals surface area contributed by atoms with Gasteiger partial charge in [-0.3, -0.25) is 9.59 Å². The van der Waals surface area contributed by atoms with Crippen molar-refractivity contribution in [3.63, 3.8) is 0 Å². The Morgan fingerprint density at radius 3 is 2.23 bits per heavy atom. The van der Waals surface area contributed by atoms with E-state index >= 15 is 0 Å². The first kappa shape index (κ1) is 19.3. The number of hydrogen-bond donors (Lipinski definition) is 1. The quantitative estimate of drug-likeness (QED) is 0.740. The van der Waals surface area contributed by atoms with E-state index in [4.69, 9.17) is 0 Å². The zero-order valence-corrected chi connectivity index (χ0v) is 16.9. The Morgan fingerprint density at radius 2 is 1.69 bits per heavy atom. The summed E-state index contributed by atoms with van der Waals surface area (Å²) in [5, 5.41) is 2.75. The molecule has 1 saturated heterocycles. The standard InChI is InChI=1S/C17H22BrN3O4S/c1-12(19-16(22)13-2-3-13)17(23)20-8-10-21(11-9-20)26(24,25)15-6-4-14(18)5-7-15/h4-7,12-13H,2-3,8-11H2,1H3,(H,19,22). The summed E-state index contributed by atoms with van der Waals surface area (Å²) in [5.41, 5.74) is 0. The third-order valence-corrected chi connectivity index (χ3v) is 7.12. The van der Waals surface area contributed by atoms with Gasteiger partial charge in [-0.15, -0.1) is 0 Å². The smallest absolute Gasteiger partial charge is 0.244 e. The van der Waals surface area contributed by atoms with Gasteiger partial charge in [-0.2, -0.15) is 4.31 Å². The fourth-order valence-corrected chi connectivity index (χ4v) is 4.60. The molecule has 7 nitrogen and oxygen atoms in total. The molecule has 1 atom stereocenters. The molecule has 1 aromatic carbocycles. The molecule has 1 aliphatic heterocycles. The fourth-order valence-electron chi connectivity index (χ4n) is 2.92. The van der Waals surface area contributed by atoms with Gasteiger partial charge in [-0.25, -0.2) is 8.42 Å². The van der Waals surface area contributed by atoms with Crippen LogP contribution in [0.2, 0.25) is 0 Å². The van der Waals surface area contributed by atoms with E-state index in [0.29, 0.717) is 13.1 Å². The Morgan fingerprint density at radius 1 is 1.12 bits per heavy atom. The normalized spacial score (nSPS) is 19.8. The SMILES string of the molecule is CC(NC(=O)C1CC1)C(=O)N1CCN(S(=O)(=O)c2ccc(Br)cc2)CC1. The lowest BCUT2D eigenvalue weighted by atomic mass is 10.2. The Kier molecular flexibility index (Phi) is 5.69. The average molecular weight is 444 g/mol. The van der Waals surface area contributed by atoms with Crippen LogP contribution in [-0.2, 0) is 19.6 Å². The molecule has 142 valence electrons. The molecular weight excluding hydrogens is 422 g/mol. The first-order valence-electron chi connectivity index (χ1n) is 8.64. The molecule has 2 fully saturated rings. The van der Waals surface area contributed by atoms with Crippen LogP contribution in [0, 0.1) is 5.92 Å². The molecule has 1 unspecified atom stereocenters. The fraction of sp³-hybridized carbons (Fsp3) is 0.529. The molecule has 1 saturated carbocycles. The number of amides is 2. The molecule has 26 heavy (non-hydrogen) atoms. The summed E-state index contributed by atoms with van der Waals surface area (Å²) in [7, 11) is -3.57. The minimum absolute atomic E-state index is 0.0538. The molecule has 9 heteroatoms. The highest BCUT2D eigenvalue weighted by Gasteiger charge is 2.34. The molecule has 2 aliphatic rings. The third-order valence-electron chi connectivity index (χ3n) is 4.68. The van der Waals surface area contributed by atoms with Gasteiger partial charge in [0.2, 0.25) is 21.8 Å². The second kappa shape index (κ2) is 7.66. The molecule has 2 amide bonds. The van der Waals surface area contributed by atoms with E-state index in [1.54, 1.807) is 36.1 Å². The molecule has 0 bridgehead atoms. The van der Waals surface area contributed by atoms with E-state index in [9.17, 15) is 18.0 Å². The van der Waals surface area contributed by atoms with Gasteiger partial charge in [0, 0.05) is 36.6 Å². The summed E-state index contributed by atoms with van der Waals surface area (Å²) in [6.45, 7) is 2.80. The lowest BCUT2D eigenvalue weighted by Crippen LogP contribution is -2.55. The zero-order valence-electron chi connectivity index (χ0n) is 14.5. The number of halogens is 1. The summed E-state index contributed by atoms with van der Waals surface area (Å²) >= 11 is 3.29. The average Bonchev–Trinajstić information content (AvgIpc) is 3.46. The van der Waals surface area contributed by atoms with Crippen LogP contribution in [0.5, 0.6) is 0 Å². The number of piperazine rings is 1. The van der Waals surface area contributed by atoms with Crippen molar-refractivity contribution in [3.05, 3.63) is 28.7 Å². The van der Waals surface area contributed by atoms with E-state index < -0.39 is 16.1 Å². The summed E-state index contributed by atoms with van der Waals surface area (Å²) < 4.78 is 27.6. The van der Waals surface area contributed by atoms with Crippen LogP contribution in [0.15, 0.2) is 33.6 Å². The van der Waals surface area contributed by atoms with Crippen LogP contribution in [0.25, 0.3) is 0 Å². The summed E-state index contributed by atoms with van der Waals surface area (Å²) in [6.07, 6.45) is 1.78. The van der Waals surface area contributed by atoms with Gasteiger partial charge in [-0.1, -0.05) is 15.9 Å². The zero-order chi connectivity index (χ0) is 18.9. The minimum Gasteiger partial charge on any atom is -0.344 e. The highest BCUT2D eigenvalue weighted by Crippen LogP contribution is 2.29. The largest absolute Gasteiger partial charge is 0.344 e. The third kappa shape index (κ3) is 4.27. The van der Waals surface area contributed by atoms with Crippen molar-refractivity contribution < 1.29 is 18.0 Å². The lowest BCUT2D eigenvalue weighted by molar-refractivity contribution is -0.137. The van der Waals surface area contributed by atoms with E-state index in [0.717, 1.165) is 17.3 Å². The number of nitrogens with zero attached hydrogens (tertiary/aromatic N) is 2.